The minimum Gasteiger partial charge on any atom is -0.481 e. The van der Waals surface area contributed by atoms with Crippen molar-refractivity contribution >= 4 is 35.0 Å². The highest BCUT2D eigenvalue weighted by Crippen LogP contribution is 2.26. The molecule has 0 bridgehead atoms. The van der Waals surface area contributed by atoms with Crippen LogP contribution in [0.2, 0.25) is 0 Å². The van der Waals surface area contributed by atoms with Crippen LogP contribution in [0.25, 0.3) is 0 Å². The summed E-state index contributed by atoms with van der Waals surface area (Å²) in [7, 11) is 0. The summed E-state index contributed by atoms with van der Waals surface area (Å²) in [6.07, 6.45) is 2.00. The van der Waals surface area contributed by atoms with Crippen LogP contribution in [0.15, 0.2) is 21.7 Å². The molecule has 2 unspecified atom stereocenters. The van der Waals surface area contributed by atoms with Gasteiger partial charge in [0, 0.05) is 6.04 Å². The molecule has 0 radical (unpaired) electrons. The molecule has 2 atom stereocenters. The predicted octanol–water partition coefficient (Wildman–Crippen LogP) is 2.21. The van der Waals surface area contributed by atoms with Gasteiger partial charge in [0.25, 0.3) is 0 Å². The van der Waals surface area contributed by atoms with E-state index in [4.69, 9.17) is 5.11 Å². The molecule has 0 aliphatic heterocycles. The molecule has 0 saturated heterocycles. The minimum atomic E-state index is -0.750. The number of carboxylic acids is 1. The number of amides is 1. The lowest BCUT2D eigenvalue weighted by Crippen LogP contribution is -2.34. The lowest BCUT2D eigenvalue weighted by molar-refractivity contribution is -0.141. The van der Waals surface area contributed by atoms with Crippen LogP contribution in [0.5, 0.6) is 0 Å². The maximum Gasteiger partial charge on any atom is 0.306 e. The van der Waals surface area contributed by atoms with E-state index in [-0.39, 0.29) is 17.9 Å². The van der Waals surface area contributed by atoms with Crippen LogP contribution in [-0.2, 0) is 9.59 Å². The van der Waals surface area contributed by atoms with Gasteiger partial charge in [0.1, 0.15) is 0 Å². The molecule has 0 aromatic carbocycles. The Hall–Kier alpha value is -1.01. The van der Waals surface area contributed by atoms with Crippen molar-refractivity contribution in [2.75, 3.05) is 5.75 Å². The topological polar surface area (TPSA) is 66.4 Å². The lowest BCUT2D eigenvalue weighted by Gasteiger charge is -2.11. The summed E-state index contributed by atoms with van der Waals surface area (Å²) in [5.41, 5.74) is 0. The van der Waals surface area contributed by atoms with E-state index in [1.54, 1.807) is 11.3 Å². The fourth-order valence-corrected chi connectivity index (χ4v) is 3.68. The van der Waals surface area contributed by atoms with Crippen molar-refractivity contribution in [1.82, 2.24) is 5.32 Å². The Labute approximate surface area is 114 Å². The quantitative estimate of drug-likeness (QED) is 0.814. The summed E-state index contributed by atoms with van der Waals surface area (Å²) in [6.45, 7) is 0. The van der Waals surface area contributed by atoms with Crippen LogP contribution in [0.3, 0.4) is 0 Å². The van der Waals surface area contributed by atoms with E-state index in [2.05, 4.69) is 5.32 Å². The Morgan fingerprint density at radius 3 is 2.94 bits per heavy atom. The minimum absolute atomic E-state index is 0.00978. The number of hydrogen-bond acceptors (Lipinski definition) is 4. The number of carbonyl (C=O) groups excluding carboxylic acids is 1. The average molecular weight is 285 g/mol. The zero-order valence-corrected chi connectivity index (χ0v) is 11.4. The molecule has 1 aliphatic carbocycles. The third kappa shape index (κ3) is 3.74. The highest BCUT2D eigenvalue weighted by atomic mass is 32.2. The van der Waals surface area contributed by atoms with Gasteiger partial charge in [-0.2, -0.15) is 0 Å². The van der Waals surface area contributed by atoms with Crippen molar-refractivity contribution < 1.29 is 14.7 Å². The summed E-state index contributed by atoms with van der Waals surface area (Å²) in [6, 6.07) is 3.97. The summed E-state index contributed by atoms with van der Waals surface area (Å²) in [4.78, 5) is 22.5. The number of carboxylic acid groups (broad SMARTS) is 1. The molecule has 1 saturated carbocycles. The monoisotopic (exact) mass is 285 g/mol. The van der Waals surface area contributed by atoms with Crippen LogP contribution in [0.1, 0.15) is 19.3 Å². The number of carbonyl (C=O) groups is 2. The van der Waals surface area contributed by atoms with Gasteiger partial charge in [-0.15, -0.1) is 23.1 Å². The summed E-state index contributed by atoms with van der Waals surface area (Å²) in [5, 5.41) is 13.8. The first kappa shape index (κ1) is 13.4. The Morgan fingerprint density at radius 2 is 2.33 bits per heavy atom. The summed E-state index contributed by atoms with van der Waals surface area (Å²) >= 11 is 3.13. The van der Waals surface area contributed by atoms with Crippen LogP contribution in [-0.4, -0.2) is 28.8 Å². The van der Waals surface area contributed by atoms with E-state index in [0.29, 0.717) is 18.6 Å². The molecule has 1 amide bonds. The van der Waals surface area contributed by atoms with Gasteiger partial charge in [0.2, 0.25) is 5.91 Å². The maximum atomic E-state index is 11.7. The molecule has 1 heterocycles. The maximum absolute atomic E-state index is 11.7. The van der Waals surface area contributed by atoms with E-state index in [0.717, 1.165) is 10.6 Å². The molecule has 4 nitrogen and oxygen atoms in total. The smallest absolute Gasteiger partial charge is 0.306 e. The van der Waals surface area contributed by atoms with Crippen LogP contribution >= 0.6 is 23.1 Å². The second-order valence-electron chi connectivity index (χ2n) is 4.33. The first-order valence-corrected chi connectivity index (χ1v) is 7.70. The molecule has 2 rings (SSSR count). The number of hydrogen-bond donors (Lipinski definition) is 2. The molecule has 6 heteroatoms. The normalized spacial score (nSPS) is 22.9. The standard InChI is InChI=1S/C12H15NO3S2/c14-10(7-18-11-2-1-5-17-11)13-9-4-3-8(6-9)12(15)16/h1-2,5,8-9H,3-4,6-7H2,(H,13,14)(H,15,16). The second-order valence-corrected chi connectivity index (χ2v) is 6.56. The number of nitrogens with one attached hydrogen (secondary N) is 1. The van der Waals surface area contributed by atoms with Crippen molar-refractivity contribution in [2.24, 2.45) is 5.92 Å². The summed E-state index contributed by atoms with van der Waals surface area (Å²) < 4.78 is 1.12. The van der Waals surface area contributed by atoms with Crippen LogP contribution in [0.4, 0.5) is 0 Å². The first-order valence-electron chi connectivity index (χ1n) is 5.83. The van der Waals surface area contributed by atoms with Crippen molar-refractivity contribution in [3.8, 4) is 0 Å². The van der Waals surface area contributed by atoms with Crippen molar-refractivity contribution in [1.29, 1.82) is 0 Å². The molecule has 2 N–H and O–H groups in total. The molecule has 18 heavy (non-hydrogen) atoms. The van der Waals surface area contributed by atoms with Gasteiger partial charge in [0.15, 0.2) is 0 Å². The fraction of sp³-hybridized carbons (Fsp3) is 0.500. The van der Waals surface area contributed by atoms with Crippen LogP contribution in [0, 0.1) is 5.92 Å². The molecule has 1 aliphatic rings. The Balaban J connectivity index is 1.70. The van der Waals surface area contributed by atoms with E-state index in [1.807, 2.05) is 17.5 Å². The van der Waals surface area contributed by atoms with E-state index < -0.39 is 5.97 Å². The van der Waals surface area contributed by atoms with Gasteiger partial charge in [-0.3, -0.25) is 9.59 Å². The SMILES string of the molecule is O=C(CSc1cccs1)NC1CCC(C(=O)O)C1. The molecular formula is C12H15NO3S2. The van der Waals surface area contributed by atoms with Gasteiger partial charge >= 0.3 is 5.97 Å². The zero-order valence-electron chi connectivity index (χ0n) is 9.80. The highest BCUT2D eigenvalue weighted by Gasteiger charge is 2.30. The highest BCUT2D eigenvalue weighted by molar-refractivity contribution is 8.01. The third-order valence-corrected chi connectivity index (χ3v) is 5.12. The lowest BCUT2D eigenvalue weighted by atomic mass is 10.1. The Bertz CT molecular complexity index is 419. The molecule has 98 valence electrons. The average Bonchev–Trinajstić information content (AvgIpc) is 2.96. The van der Waals surface area contributed by atoms with Crippen molar-refractivity contribution in [2.45, 2.75) is 29.5 Å². The van der Waals surface area contributed by atoms with Gasteiger partial charge in [-0.1, -0.05) is 6.07 Å². The molecule has 1 fully saturated rings. The number of rotatable bonds is 5. The Kier molecular flexibility index (Phi) is 4.66. The molecule has 1 aromatic rings. The number of thioether (sulfide) groups is 1. The molecule has 0 spiro atoms. The fourth-order valence-electron chi connectivity index (χ4n) is 2.09. The number of thiophene rings is 1. The van der Waals surface area contributed by atoms with Gasteiger partial charge in [-0.05, 0) is 30.7 Å². The van der Waals surface area contributed by atoms with Gasteiger partial charge in [0.05, 0.1) is 15.9 Å². The molecular weight excluding hydrogens is 270 g/mol. The summed E-state index contributed by atoms with van der Waals surface area (Å²) in [5.74, 6) is -0.654. The molecule has 1 aromatic heterocycles. The third-order valence-electron chi connectivity index (χ3n) is 2.99. The van der Waals surface area contributed by atoms with Crippen LogP contribution < -0.4 is 5.32 Å². The van der Waals surface area contributed by atoms with E-state index >= 15 is 0 Å². The Morgan fingerprint density at radius 1 is 1.50 bits per heavy atom. The largest absolute Gasteiger partial charge is 0.481 e. The van der Waals surface area contributed by atoms with Crippen molar-refractivity contribution in [3.05, 3.63) is 17.5 Å². The van der Waals surface area contributed by atoms with Gasteiger partial charge < -0.3 is 10.4 Å². The van der Waals surface area contributed by atoms with Crippen molar-refractivity contribution in [3.63, 3.8) is 0 Å². The van der Waals surface area contributed by atoms with E-state index in [9.17, 15) is 9.59 Å². The first-order chi connectivity index (χ1) is 8.65. The second kappa shape index (κ2) is 6.24. The predicted molar refractivity (Wildman–Crippen MR) is 72.0 cm³/mol. The number of aliphatic carboxylic acids is 1. The van der Waals surface area contributed by atoms with Gasteiger partial charge in [-0.25, -0.2) is 0 Å². The van der Waals surface area contributed by atoms with E-state index in [1.165, 1.54) is 11.8 Å². The zero-order chi connectivity index (χ0) is 13.0.